The highest BCUT2D eigenvalue weighted by molar-refractivity contribution is 7.10. The Hall–Kier alpha value is -3.06. The van der Waals surface area contributed by atoms with E-state index in [2.05, 4.69) is 14.7 Å². The van der Waals surface area contributed by atoms with Gasteiger partial charge in [0.2, 0.25) is 16.9 Å². The van der Waals surface area contributed by atoms with E-state index in [-0.39, 0.29) is 5.91 Å². The fourth-order valence-electron chi connectivity index (χ4n) is 2.45. The van der Waals surface area contributed by atoms with Crippen LogP contribution in [0, 0.1) is 6.42 Å². The van der Waals surface area contributed by atoms with Crippen molar-refractivity contribution < 1.29 is 9.59 Å². The minimum atomic E-state index is -0.546. The largest absolute Gasteiger partial charge is 0.366 e. The van der Waals surface area contributed by atoms with Crippen molar-refractivity contribution in [2.45, 2.75) is 12.8 Å². The molecule has 26 heavy (non-hydrogen) atoms. The Morgan fingerprint density at radius 2 is 1.81 bits per heavy atom. The van der Waals surface area contributed by atoms with Crippen molar-refractivity contribution in [3.05, 3.63) is 72.1 Å². The number of carbonyl (C=O) groups excluding carboxylic acids is 2. The van der Waals surface area contributed by atoms with Crippen LogP contribution in [-0.2, 0) is 11.2 Å². The van der Waals surface area contributed by atoms with Crippen molar-refractivity contribution in [1.82, 2.24) is 9.36 Å². The Bertz CT molecular complexity index is 909. The van der Waals surface area contributed by atoms with E-state index in [0.717, 1.165) is 18.0 Å². The van der Waals surface area contributed by atoms with Gasteiger partial charge in [-0.05, 0) is 24.5 Å². The second kappa shape index (κ2) is 8.35. The zero-order valence-electron chi connectivity index (χ0n) is 13.9. The minimum Gasteiger partial charge on any atom is -0.366 e. The molecule has 7 heteroatoms. The highest BCUT2D eigenvalue weighted by atomic mass is 32.1. The summed E-state index contributed by atoms with van der Waals surface area (Å²) >= 11 is 1.06. The van der Waals surface area contributed by atoms with Gasteiger partial charge in [0.25, 0.3) is 0 Å². The summed E-state index contributed by atoms with van der Waals surface area (Å²) in [6.45, 7) is 0. The molecule has 2 amide bonds. The third kappa shape index (κ3) is 4.52. The van der Waals surface area contributed by atoms with Gasteiger partial charge in [-0.15, -0.1) is 0 Å². The normalized spacial score (nSPS) is 10.5. The predicted molar refractivity (Wildman–Crippen MR) is 102 cm³/mol. The van der Waals surface area contributed by atoms with E-state index in [1.807, 2.05) is 30.3 Å². The number of rotatable bonds is 7. The lowest BCUT2D eigenvalue weighted by Crippen LogP contribution is -2.13. The number of carbonyl (C=O) groups is 2. The fraction of sp³-hybridized carbons (Fsp3) is 0.105. The van der Waals surface area contributed by atoms with Crippen LogP contribution in [0.2, 0.25) is 0 Å². The summed E-state index contributed by atoms with van der Waals surface area (Å²) in [5, 5.41) is 3.08. The second-order valence-electron chi connectivity index (χ2n) is 5.55. The first kappa shape index (κ1) is 17.8. The third-order valence-corrected chi connectivity index (χ3v) is 4.33. The van der Waals surface area contributed by atoms with Gasteiger partial charge in [0.1, 0.15) is 0 Å². The van der Waals surface area contributed by atoms with Crippen LogP contribution in [-0.4, -0.2) is 21.2 Å². The summed E-state index contributed by atoms with van der Waals surface area (Å²) in [5.74, 6) is -0.411. The van der Waals surface area contributed by atoms with Crippen LogP contribution in [0.15, 0.2) is 54.6 Å². The van der Waals surface area contributed by atoms with Crippen LogP contribution in [0.25, 0.3) is 11.4 Å². The van der Waals surface area contributed by atoms with Gasteiger partial charge in [-0.3, -0.25) is 9.59 Å². The van der Waals surface area contributed by atoms with Gasteiger partial charge >= 0.3 is 0 Å². The van der Waals surface area contributed by atoms with E-state index < -0.39 is 5.91 Å². The molecule has 3 N–H and O–H groups in total. The number of anilines is 1. The third-order valence-electron chi connectivity index (χ3n) is 3.70. The highest BCUT2D eigenvalue weighted by Crippen LogP contribution is 2.24. The van der Waals surface area contributed by atoms with E-state index in [4.69, 9.17) is 5.73 Å². The number of nitrogens with two attached hydrogens (primary N) is 1. The maximum Gasteiger partial charge on any atom is 0.249 e. The quantitative estimate of drug-likeness (QED) is 0.672. The highest BCUT2D eigenvalue weighted by Gasteiger charge is 2.15. The standard InChI is InChI=1S/C19H17N4O2S/c20-17(25)14-10-4-5-11-15(14)18-22-19(26-23-18)21-16(24)12-6-9-13-7-2-1-3-8-13/h1-5,7-8,10-12H,6,9H2,(H2,20,25)(H,21,22,23,24). The smallest absolute Gasteiger partial charge is 0.249 e. The van der Waals surface area contributed by atoms with Crippen LogP contribution in [0.1, 0.15) is 22.3 Å². The molecule has 0 fully saturated rings. The van der Waals surface area contributed by atoms with Gasteiger partial charge < -0.3 is 11.1 Å². The molecule has 1 aromatic heterocycles. The van der Waals surface area contributed by atoms with E-state index in [1.54, 1.807) is 30.7 Å². The lowest BCUT2D eigenvalue weighted by atomic mass is 10.1. The number of hydrogen-bond acceptors (Lipinski definition) is 5. The molecule has 0 spiro atoms. The Kier molecular flexibility index (Phi) is 5.70. The molecule has 3 rings (SSSR count). The average molecular weight is 365 g/mol. The van der Waals surface area contributed by atoms with Gasteiger partial charge in [0, 0.05) is 17.1 Å². The van der Waals surface area contributed by atoms with Crippen LogP contribution < -0.4 is 11.1 Å². The summed E-state index contributed by atoms with van der Waals surface area (Å²) in [6, 6.07) is 16.8. The summed E-state index contributed by atoms with van der Waals surface area (Å²) in [5.41, 5.74) is 7.45. The average Bonchev–Trinajstić information content (AvgIpc) is 3.11. The van der Waals surface area contributed by atoms with Crippen LogP contribution >= 0.6 is 11.5 Å². The summed E-state index contributed by atoms with van der Waals surface area (Å²) in [4.78, 5) is 27.8. The SMILES string of the molecule is NC(=O)c1ccccc1-c1nsc(NC(=O)[CH]CCc2ccccc2)n1. The lowest BCUT2D eigenvalue weighted by Gasteiger charge is -2.02. The van der Waals surface area contributed by atoms with Crippen molar-refractivity contribution in [3.8, 4) is 11.4 Å². The molecule has 2 aromatic carbocycles. The molecule has 0 saturated heterocycles. The van der Waals surface area contributed by atoms with Crippen LogP contribution in [0.3, 0.4) is 0 Å². The predicted octanol–water partition coefficient (Wildman–Crippen LogP) is 3.08. The number of hydrogen-bond donors (Lipinski definition) is 2. The molecule has 0 unspecified atom stereocenters. The first-order chi connectivity index (χ1) is 12.6. The summed E-state index contributed by atoms with van der Waals surface area (Å²) < 4.78 is 4.20. The van der Waals surface area contributed by atoms with Crippen LogP contribution in [0.5, 0.6) is 0 Å². The van der Waals surface area contributed by atoms with E-state index in [9.17, 15) is 9.59 Å². The fourth-order valence-corrected chi connectivity index (χ4v) is 3.03. The number of primary amides is 1. The molecule has 0 bridgehead atoms. The number of aryl methyl sites for hydroxylation is 1. The van der Waals surface area contributed by atoms with E-state index in [0.29, 0.717) is 28.5 Å². The molecule has 0 aliphatic rings. The number of amides is 2. The molecule has 0 saturated carbocycles. The summed E-state index contributed by atoms with van der Waals surface area (Å²) in [6.07, 6.45) is 3.01. The van der Waals surface area contributed by atoms with Gasteiger partial charge in [0.05, 0.1) is 12.0 Å². The topological polar surface area (TPSA) is 98.0 Å². The Balaban J connectivity index is 1.58. The molecule has 6 nitrogen and oxygen atoms in total. The zero-order chi connectivity index (χ0) is 18.4. The van der Waals surface area contributed by atoms with Crippen molar-refractivity contribution in [2.24, 2.45) is 5.73 Å². The Morgan fingerprint density at radius 1 is 1.08 bits per heavy atom. The number of benzene rings is 2. The van der Waals surface area contributed by atoms with Crippen molar-refractivity contribution in [2.75, 3.05) is 5.32 Å². The first-order valence-corrected chi connectivity index (χ1v) is 8.82. The lowest BCUT2D eigenvalue weighted by molar-refractivity contribution is -0.113. The molecule has 131 valence electrons. The first-order valence-electron chi connectivity index (χ1n) is 8.04. The number of nitrogens with one attached hydrogen (secondary N) is 1. The van der Waals surface area contributed by atoms with Gasteiger partial charge in [-0.1, -0.05) is 48.5 Å². The van der Waals surface area contributed by atoms with Gasteiger partial charge in [-0.2, -0.15) is 9.36 Å². The van der Waals surface area contributed by atoms with Gasteiger partial charge in [-0.25, -0.2) is 0 Å². The van der Waals surface area contributed by atoms with E-state index >= 15 is 0 Å². The summed E-state index contributed by atoms with van der Waals surface area (Å²) in [7, 11) is 0. The maximum atomic E-state index is 12.0. The van der Waals surface area contributed by atoms with Crippen molar-refractivity contribution >= 4 is 28.5 Å². The maximum absolute atomic E-state index is 12.0. The van der Waals surface area contributed by atoms with Gasteiger partial charge in [0.15, 0.2) is 5.82 Å². The molecule has 0 atom stereocenters. The number of nitrogens with zero attached hydrogens (tertiary/aromatic N) is 2. The van der Waals surface area contributed by atoms with Crippen molar-refractivity contribution in [1.29, 1.82) is 0 Å². The molecular weight excluding hydrogens is 348 g/mol. The minimum absolute atomic E-state index is 0.230. The molecular formula is C19H17N4O2S. The second-order valence-corrected chi connectivity index (χ2v) is 6.30. The van der Waals surface area contributed by atoms with E-state index in [1.165, 1.54) is 5.56 Å². The Morgan fingerprint density at radius 3 is 2.58 bits per heavy atom. The molecule has 0 aliphatic carbocycles. The van der Waals surface area contributed by atoms with Crippen LogP contribution in [0.4, 0.5) is 5.13 Å². The molecule has 0 aliphatic heterocycles. The monoisotopic (exact) mass is 365 g/mol. The molecule has 3 aromatic rings. The molecule has 1 heterocycles. The Labute approximate surface area is 155 Å². The molecule has 1 radical (unpaired) electrons. The zero-order valence-corrected chi connectivity index (χ0v) is 14.7. The van der Waals surface area contributed by atoms with Crippen molar-refractivity contribution in [3.63, 3.8) is 0 Å². The number of aromatic nitrogens is 2.